The summed E-state index contributed by atoms with van der Waals surface area (Å²) in [5.74, 6) is -0.0987. The molecule has 1 amide bonds. The molecule has 19 heavy (non-hydrogen) atoms. The lowest BCUT2D eigenvalue weighted by atomic mass is 10.3. The van der Waals surface area contributed by atoms with Gasteiger partial charge in [0.15, 0.2) is 0 Å². The van der Waals surface area contributed by atoms with Crippen LogP contribution >= 0.6 is 0 Å². The number of aromatic nitrogens is 1. The minimum Gasteiger partial charge on any atom is -0.351 e. The van der Waals surface area contributed by atoms with Crippen molar-refractivity contribution in [2.24, 2.45) is 0 Å². The van der Waals surface area contributed by atoms with E-state index in [9.17, 15) is 4.79 Å². The van der Waals surface area contributed by atoms with Gasteiger partial charge in [0.2, 0.25) is 0 Å². The summed E-state index contributed by atoms with van der Waals surface area (Å²) in [6, 6.07) is 5.34. The van der Waals surface area contributed by atoms with Crippen molar-refractivity contribution in [3.63, 3.8) is 0 Å². The smallest absolute Gasteiger partial charge is 0.269 e. The molecule has 106 valence electrons. The summed E-state index contributed by atoms with van der Waals surface area (Å²) >= 11 is 0. The molecule has 0 aliphatic rings. The van der Waals surface area contributed by atoms with Crippen LogP contribution in [0.3, 0.4) is 0 Å². The van der Waals surface area contributed by atoms with Crippen LogP contribution in [0, 0.1) is 0 Å². The molecule has 0 fully saturated rings. The van der Waals surface area contributed by atoms with Crippen LogP contribution in [-0.4, -0.2) is 56.1 Å². The first-order chi connectivity index (χ1) is 9.24. The van der Waals surface area contributed by atoms with Gasteiger partial charge in [-0.3, -0.25) is 9.78 Å². The van der Waals surface area contributed by atoms with E-state index in [1.165, 1.54) is 0 Å². The highest BCUT2D eigenvalue weighted by atomic mass is 16.1. The molecule has 0 aromatic carbocycles. The number of pyridine rings is 1. The van der Waals surface area contributed by atoms with Crippen LogP contribution in [0.4, 0.5) is 0 Å². The number of nitrogens with zero attached hydrogens (tertiary/aromatic N) is 2. The number of amides is 1. The van der Waals surface area contributed by atoms with E-state index in [-0.39, 0.29) is 5.91 Å². The van der Waals surface area contributed by atoms with Crippen LogP contribution in [0.2, 0.25) is 0 Å². The van der Waals surface area contributed by atoms with Gasteiger partial charge in [-0.15, -0.1) is 0 Å². The lowest BCUT2D eigenvalue weighted by Crippen LogP contribution is -2.29. The molecule has 5 nitrogen and oxygen atoms in total. The number of carbonyl (C=O) groups excluding carboxylic acids is 1. The van der Waals surface area contributed by atoms with Crippen LogP contribution in [0.25, 0.3) is 0 Å². The van der Waals surface area contributed by atoms with E-state index in [1.807, 2.05) is 13.1 Å². The normalized spacial score (nSPS) is 10.7. The molecule has 0 saturated heterocycles. The molecule has 5 heteroatoms. The third-order valence-corrected chi connectivity index (χ3v) is 2.87. The molecular weight excluding hydrogens is 240 g/mol. The summed E-state index contributed by atoms with van der Waals surface area (Å²) in [6.45, 7) is 3.80. The molecular formula is C14H24N4O. The first kappa shape index (κ1) is 15.6. The van der Waals surface area contributed by atoms with Gasteiger partial charge in [-0.05, 0) is 58.7 Å². The molecule has 0 bridgehead atoms. The topological polar surface area (TPSA) is 57.3 Å². The number of rotatable bonds is 9. The Bertz CT molecular complexity index is 356. The average molecular weight is 264 g/mol. The van der Waals surface area contributed by atoms with Gasteiger partial charge in [-0.25, -0.2) is 0 Å². The number of nitrogens with one attached hydrogen (secondary N) is 2. The van der Waals surface area contributed by atoms with Crippen LogP contribution < -0.4 is 10.6 Å². The Morgan fingerprint density at radius 2 is 2.00 bits per heavy atom. The highest BCUT2D eigenvalue weighted by Gasteiger charge is 2.05. The van der Waals surface area contributed by atoms with E-state index in [4.69, 9.17) is 0 Å². The third-order valence-electron chi connectivity index (χ3n) is 2.87. The molecule has 0 saturated carbocycles. The van der Waals surface area contributed by atoms with Gasteiger partial charge in [0.05, 0.1) is 0 Å². The summed E-state index contributed by atoms with van der Waals surface area (Å²) in [7, 11) is 4.07. The van der Waals surface area contributed by atoms with Gasteiger partial charge >= 0.3 is 0 Å². The Morgan fingerprint density at radius 3 is 2.63 bits per heavy atom. The molecule has 0 aliphatic carbocycles. The molecule has 1 rings (SSSR count). The van der Waals surface area contributed by atoms with E-state index in [0.717, 1.165) is 32.5 Å². The third kappa shape index (κ3) is 6.88. The van der Waals surface area contributed by atoms with Crippen LogP contribution in [0.15, 0.2) is 24.4 Å². The van der Waals surface area contributed by atoms with Gasteiger partial charge in [-0.2, -0.15) is 0 Å². The van der Waals surface area contributed by atoms with E-state index in [0.29, 0.717) is 12.2 Å². The maximum atomic E-state index is 11.7. The maximum Gasteiger partial charge on any atom is 0.269 e. The highest BCUT2D eigenvalue weighted by molar-refractivity contribution is 5.92. The minimum atomic E-state index is -0.0987. The lowest BCUT2D eigenvalue weighted by molar-refractivity contribution is 0.0947. The molecule has 2 N–H and O–H groups in total. The Hall–Kier alpha value is -1.46. The van der Waals surface area contributed by atoms with Gasteiger partial charge in [0.25, 0.3) is 5.91 Å². The molecule has 0 atom stereocenters. The van der Waals surface area contributed by atoms with Crippen molar-refractivity contribution in [1.82, 2.24) is 20.5 Å². The van der Waals surface area contributed by atoms with Crippen molar-refractivity contribution in [2.45, 2.75) is 12.8 Å². The van der Waals surface area contributed by atoms with Crippen molar-refractivity contribution in [3.05, 3.63) is 30.1 Å². The van der Waals surface area contributed by atoms with Crippen LogP contribution in [0.1, 0.15) is 23.3 Å². The van der Waals surface area contributed by atoms with Crippen molar-refractivity contribution >= 4 is 5.91 Å². The van der Waals surface area contributed by atoms with E-state index >= 15 is 0 Å². The Morgan fingerprint density at radius 1 is 1.26 bits per heavy atom. The van der Waals surface area contributed by atoms with Crippen LogP contribution in [0.5, 0.6) is 0 Å². The first-order valence-electron chi connectivity index (χ1n) is 6.76. The fourth-order valence-electron chi connectivity index (χ4n) is 1.78. The molecule has 0 unspecified atom stereocenters. The van der Waals surface area contributed by atoms with Crippen molar-refractivity contribution < 1.29 is 4.79 Å². The zero-order valence-corrected chi connectivity index (χ0v) is 11.9. The summed E-state index contributed by atoms with van der Waals surface area (Å²) in [4.78, 5) is 18.0. The second-order valence-corrected chi connectivity index (χ2v) is 4.58. The number of hydrogen-bond donors (Lipinski definition) is 2. The summed E-state index contributed by atoms with van der Waals surface area (Å²) in [6.07, 6.45) is 3.73. The van der Waals surface area contributed by atoms with Gasteiger partial charge in [0.1, 0.15) is 5.69 Å². The molecule has 0 radical (unpaired) electrons. The predicted octanol–water partition coefficient (Wildman–Crippen LogP) is 0.743. The quantitative estimate of drug-likeness (QED) is 0.646. The maximum absolute atomic E-state index is 11.7. The Kier molecular flexibility index (Phi) is 7.77. The Labute approximate surface area is 115 Å². The van der Waals surface area contributed by atoms with Crippen molar-refractivity contribution in [1.29, 1.82) is 0 Å². The van der Waals surface area contributed by atoms with Crippen LogP contribution in [-0.2, 0) is 0 Å². The average Bonchev–Trinajstić information content (AvgIpc) is 2.44. The van der Waals surface area contributed by atoms with Gasteiger partial charge < -0.3 is 15.5 Å². The molecule has 1 aromatic heterocycles. The largest absolute Gasteiger partial charge is 0.351 e. The standard InChI is InChI=1S/C14H24N4O/c1-15-8-5-11-18(2)12-6-10-17-14(19)13-7-3-4-9-16-13/h3-4,7,9,15H,5-6,8,10-12H2,1-2H3,(H,17,19). The van der Waals surface area contributed by atoms with Crippen molar-refractivity contribution in [3.8, 4) is 0 Å². The van der Waals surface area contributed by atoms with Crippen molar-refractivity contribution in [2.75, 3.05) is 40.3 Å². The molecule has 1 aromatic rings. The second kappa shape index (κ2) is 9.47. The lowest BCUT2D eigenvalue weighted by Gasteiger charge is -2.16. The zero-order chi connectivity index (χ0) is 13.9. The summed E-state index contributed by atoms with van der Waals surface area (Å²) < 4.78 is 0. The highest BCUT2D eigenvalue weighted by Crippen LogP contribution is 1.93. The minimum absolute atomic E-state index is 0.0987. The second-order valence-electron chi connectivity index (χ2n) is 4.58. The van der Waals surface area contributed by atoms with Gasteiger partial charge in [0, 0.05) is 12.7 Å². The summed E-state index contributed by atoms with van der Waals surface area (Å²) in [5.41, 5.74) is 0.477. The molecule has 0 spiro atoms. The SMILES string of the molecule is CNCCCN(C)CCCNC(=O)c1ccccn1. The fourth-order valence-corrected chi connectivity index (χ4v) is 1.78. The first-order valence-corrected chi connectivity index (χ1v) is 6.76. The fraction of sp³-hybridized carbons (Fsp3) is 0.571. The monoisotopic (exact) mass is 264 g/mol. The molecule has 1 heterocycles. The Balaban J connectivity index is 2.09. The van der Waals surface area contributed by atoms with Gasteiger partial charge in [-0.1, -0.05) is 6.07 Å². The van der Waals surface area contributed by atoms with E-state index < -0.39 is 0 Å². The molecule has 0 aliphatic heterocycles. The number of hydrogen-bond acceptors (Lipinski definition) is 4. The van der Waals surface area contributed by atoms with E-state index in [1.54, 1.807) is 18.3 Å². The zero-order valence-electron chi connectivity index (χ0n) is 11.9. The van der Waals surface area contributed by atoms with E-state index in [2.05, 4.69) is 27.6 Å². The predicted molar refractivity (Wildman–Crippen MR) is 77.2 cm³/mol. The number of carbonyl (C=O) groups is 1. The summed E-state index contributed by atoms with van der Waals surface area (Å²) in [5, 5.41) is 6.01.